The van der Waals surface area contributed by atoms with Gasteiger partial charge in [-0.15, -0.1) is 10.2 Å². The maximum atomic E-state index is 15.8. The monoisotopic (exact) mass is 759 g/mol. The number of nitrogens with zero attached hydrogens (tertiary/aromatic N) is 3. The van der Waals surface area contributed by atoms with Crippen LogP contribution in [-0.2, 0) is 36.1 Å². The van der Waals surface area contributed by atoms with Crippen molar-refractivity contribution in [3.05, 3.63) is 71.3 Å². The number of amides is 3. The average molecular weight is 760 g/mol. The minimum atomic E-state index is -5.05. The molecule has 0 radical (unpaired) electrons. The Balaban J connectivity index is 1.81. The molecule has 1 aliphatic rings. The molecule has 2 heterocycles. The summed E-state index contributed by atoms with van der Waals surface area (Å²) in [5, 5.41) is 11.8. The molecule has 0 aliphatic carbocycles. The first-order valence-corrected chi connectivity index (χ1v) is 17.1. The van der Waals surface area contributed by atoms with E-state index in [-0.39, 0.29) is 18.8 Å². The second-order valence-electron chi connectivity index (χ2n) is 13.0. The van der Waals surface area contributed by atoms with E-state index in [1.807, 2.05) is 0 Å². The van der Waals surface area contributed by atoms with E-state index in [2.05, 4.69) is 26.8 Å². The Morgan fingerprint density at radius 1 is 1.12 bits per heavy atom. The van der Waals surface area contributed by atoms with Crippen LogP contribution in [0.1, 0.15) is 46.1 Å². The van der Waals surface area contributed by atoms with Crippen LogP contribution >= 0.6 is 11.6 Å². The van der Waals surface area contributed by atoms with Gasteiger partial charge >= 0.3 is 18.4 Å². The van der Waals surface area contributed by atoms with E-state index in [4.69, 9.17) is 20.8 Å². The number of carbonyl (C=O) groups is 3. The Labute approximate surface area is 295 Å². The molecule has 13 nitrogen and oxygen atoms in total. The molecule has 0 spiro atoms. The smallest absolute Gasteiger partial charge is 0.409 e. The SMILES string of the molecule is C=CCOC(=O)NC(C(F)(F)F)C(C)(C)c1nnc(-c2cc3c(cc2F)S(=O)(=O)C[C@H](NC(=O)OC(C)(C)C)C(=O)N3Cc2ccc(Cl)cc2)o1. The molecule has 19 heteroatoms. The molecule has 1 aliphatic heterocycles. The van der Waals surface area contributed by atoms with Crippen LogP contribution < -0.4 is 15.5 Å². The Bertz CT molecular complexity index is 1930. The number of ether oxygens (including phenoxy) is 2. The van der Waals surface area contributed by atoms with E-state index in [9.17, 15) is 36.0 Å². The van der Waals surface area contributed by atoms with Gasteiger partial charge in [0.25, 0.3) is 11.8 Å². The summed E-state index contributed by atoms with van der Waals surface area (Å²) in [6, 6.07) is 3.39. The van der Waals surface area contributed by atoms with Crippen molar-refractivity contribution in [3.8, 4) is 11.5 Å². The lowest BCUT2D eigenvalue weighted by molar-refractivity contribution is -0.169. The molecule has 2 aromatic carbocycles. The number of nitrogens with one attached hydrogen (secondary N) is 2. The first-order chi connectivity index (χ1) is 23.5. The van der Waals surface area contributed by atoms with E-state index in [0.717, 1.165) is 30.9 Å². The fourth-order valence-electron chi connectivity index (χ4n) is 5.02. The number of sulfone groups is 1. The number of carbonyl (C=O) groups excluding carboxylic acids is 3. The van der Waals surface area contributed by atoms with Crippen LogP contribution in [0.4, 0.5) is 32.8 Å². The molecule has 2 atom stereocenters. The van der Waals surface area contributed by atoms with Crippen molar-refractivity contribution < 1.29 is 54.3 Å². The van der Waals surface area contributed by atoms with Crippen molar-refractivity contribution in [2.24, 2.45) is 0 Å². The summed E-state index contributed by atoms with van der Waals surface area (Å²) in [4.78, 5) is 39.1. The van der Waals surface area contributed by atoms with Crippen LogP contribution in [0.25, 0.3) is 11.5 Å². The number of rotatable bonds is 9. The van der Waals surface area contributed by atoms with Gasteiger partial charge in [-0.2, -0.15) is 13.2 Å². The third-order valence-electron chi connectivity index (χ3n) is 7.42. The van der Waals surface area contributed by atoms with Crippen LogP contribution in [0.3, 0.4) is 0 Å². The lowest BCUT2D eigenvalue weighted by Gasteiger charge is -2.32. The topological polar surface area (TPSA) is 170 Å². The van der Waals surface area contributed by atoms with Crippen LogP contribution in [0.15, 0.2) is 58.4 Å². The van der Waals surface area contributed by atoms with E-state index in [0.29, 0.717) is 16.7 Å². The van der Waals surface area contributed by atoms with Gasteiger partial charge in [0.15, 0.2) is 9.84 Å². The molecule has 3 aromatic rings. The van der Waals surface area contributed by atoms with Crippen LogP contribution in [0.2, 0.25) is 5.02 Å². The van der Waals surface area contributed by atoms with Gasteiger partial charge in [-0.1, -0.05) is 36.4 Å². The molecule has 51 heavy (non-hydrogen) atoms. The van der Waals surface area contributed by atoms with E-state index in [1.165, 1.54) is 12.1 Å². The Morgan fingerprint density at radius 3 is 2.35 bits per heavy atom. The molecule has 1 unspecified atom stereocenters. The number of aromatic nitrogens is 2. The van der Waals surface area contributed by atoms with E-state index >= 15 is 4.39 Å². The van der Waals surface area contributed by atoms with Gasteiger partial charge < -0.3 is 29.4 Å². The maximum absolute atomic E-state index is 15.8. The number of benzene rings is 2. The van der Waals surface area contributed by atoms with Gasteiger partial charge in [0.05, 0.1) is 33.9 Å². The van der Waals surface area contributed by atoms with E-state index < -0.39 is 91.0 Å². The highest BCUT2D eigenvalue weighted by Gasteiger charge is 2.53. The lowest BCUT2D eigenvalue weighted by Crippen LogP contribution is -2.56. The molecule has 4 rings (SSSR count). The highest BCUT2D eigenvalue weighted by molar-refractivity contribution is 7.91. The zero-order valence-electron chi connectivity index (χ0n) is 27.9. The van der Waals surface area contributed by atoms with Crippen molar-refractivity contribution in [2.75, 3.05) is 17.3 Å². The molecule has 0 fully saturated rings. The summed E-state index contributed by atoms with van der Waals surface area (Å²) >= 11 is 6.01. The summed E-state index contributed by atoms with van der Waals surface area (Å²) in [5.41, 5.74) is -3.60. The van der Waals surface area contributed by atoms with Crippen molar-refractivity contribution in [1.29, 1.82) is 0 Å². The normalized spacial score (nSPS) is 16.8. The van der Waals surface area contributed by atoms with Crippen LogP contribution in [-0.4, -0.2) is 72.9 Å². The van der Waals surface area contributed by atoms with Gasteiger partial charge in [0, 0.05) is 5.02 Å². The largest absolute Gasteiger partial charge is 0.445 e. The van der Waals surface area contributed by atoms with Crippen molar-refractivity contribution in [1.82, 2.24) is 20.8 Å². The molecule has 0 bridgehead atoms. The fraction of sp³-hybridized carbons (Fsp3) is 0.406. The number of halogens is 5. The molecule has 0 saturated heterocycles. The van der Waals surface area contributed by atoms with Crippen molar-refractivity contribution in [3.63, 3.8) is 0 Å². The minimum absolute atomic E-state index is 0.293. The van der Waals surface area contributed by atoms with Gasteiger partial charge in [0.1, 0.15) is 30.1 Å². The van der Waals surface area contributed by atoms with E-state index in [1.54, 1.807) is 38.2 Å². The fourth-order valence-corrected chi connectivity index (χ4v) is 6.77. The predicted octanol–water partition coefficient (Wildman–Crippen LogP) is 5.86. The van der Waals surface area contributed by atoms with Gasteiger partial charge in [-0.3, -0.25) is 4.79 Å². The first-order valence-electron chi connectivity index (χ1n) is 15.1. The summed E-state index contributed by atoms with van der Waals surface area (Å²) in [6.45, 7) is 9.43. The number of hydrogen-bond donors (Lipinski definition) is 2. The number of fused-ring (bicyclic) bond motifs is 1. The zero-order chi connectivity index (χ0) is 38.1. The molecule has 276 valence electrons. The average Bonchev–Trinajstić information content (AvgIpc) is 3.49. The van der Waals surface area contributed by atoms with Crippen molar-refractivity contribution >= 4 is 45.2 Å². The minimum Gasteiger partial charge on any atom is -0.445 e. The molecular formula is C32H34ClF4N5O8S. The Kier molecular flexibility index (Phi) is 11.1. The molecule has 0 saturated carbocycles. The molecular weight excluding hydrogens is 726 g/mol. The van der Waals surface area contributed by atoms with Crippen LogP contribution in [0, 0.1) is 5.82 Å². The Morgan fingerprint density at radius 2 is 1.76 bits per heavy atom. The summed E-state index contributed by atoms with van der Waals surface area (Å²) < 4.78 is 101. The second kappa shape index (κ2) is 14.5. The van der Waals surface area contributed by atoms with Gasteiger partial charge in [-0.05, 0) is 64.4 Å². The molecule has 2 N–H and O–H groups in total. The van der Waals surface area contributed by atoms with Crippen LogP contribution in [0.5, 0.6) is 0 Å². The lowest BCUT2D eigenvalue weighted by atomic mass is 9.83. The number of alkyl halides is 3. The summed E-state index contributed by atoms with van der Waals surface area (Å²) in [7, 11) is -4.51. The molecule has 1 aromatic heterocycles. The zero-order valence-corrected chi connectivity index (χ0v) is 29.5. The number of anilines is 1. The standard InChI is InChI=1S/C32H34ClF4N5O8S/c1-7-12-48-28(44)39-26(32(35,36)37)31(5,6)27-41-40-24(49-27)19-13-22-23(14-20(19)34)51(46,47)16-21(38-29(45)50-30(2,3)4)25(43)42(22)15-17-8-10-18(33)11-9-17/h7-11,13-14,21,26H,1,12,15-16H2,2-6H3,(H,38,45)(H,39,44)/t21-,26?/m0/s1. The third-order valence-corrected chi connectivity index (χ3v) is 9.44. The van der Waals surface area contributed by atoms with Gasteiger partial charge in [0.2, 0.25) is 5.89 Å². The highest BCUT2D eigenvalue weighted by atomic mass is 35.5. The quantitative estimate of drug-likeness (QED) is 0.199. The molecule has 3 amide bonds. The van der Waals surface area contributed by atoms with Crippen molar-refractivity contribution in [2.45, 2.75) is 75.3 Å². The number of hydrogen-bond acceptors (Lipinski definition) is 10. The first kappa shape index (κ1) is 39.1. The maximum Gasteiger partial charge on any atom is 0.409 e. The number of alkyl carbamates (subject to hydrolysis) is 2. The summed E-state index contributed by atoms with van der Waals surface area (Å²) in [5.74, 6) is -4.46. The predicted molar refractivity (Wildman–Crippen MR) is 175 cm³/mol. The van der Waals surface area contributed by atoms with Gasteiger partial charge in [-0.25, -0.2) is 22.4 Å². The second-order valence-corrected chi connectivity index (χ2v) is 15.4. The highest BCUT2D eigenvalue weighted by Crippen LogP contribution is 2.40. The third kappa shape index (κ3) is 9.15. The summed E-state index contributed by atoms with van der Waals surface area (Å²) in [6.07, 6.45) is -6.39. The Hall–Kier alpha value is -4.71.